The van der Waals surface area contributed by atoms with Gasteiger partial charge in [0.25, 0.3) is 0 Å². The highest BCUT2D eigenvalue weighted by molar-refractivity contribution is 14.0. The third kappa shape index (κ3) is 5.34. The summed E-state index contributed by atoms with van der Waals surface area (Å²) in [5.74, 6) is 0.880. The van der Waals surface area contributed by atoms with Gasteiger partial charge in [-0.05, 0) is 44.9 Å². The first-order chi connectivity index (χ1) is 11.7. The van der Waals surface area contributed by atoms with Crippen molar-refractivity contribution in [3.63, 3.8) is 0 Å². The predicted octanol–water partition coefficient (Wildman–Crippen LogP) is 2.98. The van der Waals surface area contributed by atoms with Crippen molar-refractivity contribution in [2.45, 2.75) is 38.3 Å². The zero-order valence-corrected chi connectivity index (χ0v) is 17.7. The number of hydrogen-bond acceptors (Lipinski definition) is 2. The minimum atomic E-state index is 0. The van der Waals surface area contributed by atoms with Gasteiger partial charge >= 0.3 is 0 Å². The van der Waals surface area contributed by atoms with Gasteiger partial charge in [0.1, 0.15) is 0 Å². The van der Waals surface area contributed by atoms with Gasteiger partial charge < -0.3 is 15.6 Å². The van der Waals surface area contributed by atoms with Crippen LogP contribution in [0, 0.1) is 0 Å². The number of aliphatic imine (C=N–C) groups is 1. The molecule has 0 saturated heterocycles. The molecule has 0 amide bonds. The van der Waals surface area contributed by atoms with Crippen LogP contribution in [-0.2, 0) is 6.42 Å². The maximum absolute atomic E-state index is 4.33. The molecule has 1 aromatic carbocycles. The summed E-state index contributed by atoms with van der Waals surface area (Å²) in [4.78, 5) is 10.1. The number of rotatable bonds is 7. The first kappa shape index (κ1) is 20.0. The van der Waals surface area contributed by atoms with Crippen molar-refractivity contribution in [2.75, 3.05) is 27.2 Å². The van der Waals surface area contributed by atoms with Crippen LogP contribution in [0.2, 0.25) is 0 Å². The fraction of sp³-hybridized carbons (Fsp3) is 0.526. The van der Waals surface area contributed by atoms with Crippen LogP contribution in [0.15, 0.2) is 35.5 Å². The van der Waals surface area contributed by atoms with Gasteiger partial charge in [0, 0.05) is 49.3 Å². The van der Waals surface area contributed by atoms with Crippen molar-refractivity contribution in [3.05, 3.63) is 36.0 Å². The van der Waals surface area contributed by atoms with E-state index in [1.165, 1.54) is 29.3 Å². The van der Waals surface area contributed by atoms with Gasteiger partial charge in [0.2, 0.25) is 0 Å². The molecule has 0 bridgehead atoms. The number of fused-ring (bicyclic) bond motifs is 1. The van der Waals surface area contributed by atoms with Crippen LogP contribution >= 0.6 is 24.0 Å². The van der Waals surface area contributed by atoms with Crippen LogP contribution in [0.3, 0.4) is 0 Å². The van der Waals surface area contributed by atoms with Crippen molar-refractivity contribution in [1.29, 1.82) is 0 Å². The van der Waals surface area contributed by atoms with E-state index in [-0.39, 0.29) is 24.0 Å². The van der Waals surface area contributed by atoms with Gasteiger partial charge in [-0.15, -0.1) is 24.0 Å². The molecule has 25 heavy (non-hydrogen) atoms. The van der Waals surface area contributed by atoms with E-state index in [0.29, 0.717) is 6.04 Å². The molecule has 1 atom stereocenters. The largest absolute Gasteiger partial charge is 0.361 e. The van der Waals surface area contributed by atoms with Crippen LogP contribution in [0.5, 0.6) is 0 Å². The lowest BCUT2D eigenvalue weighted by molar-refractivity contribution is 0.247. The van der Waals surface area contributed by atoms with Gasteiger partial charge in [-0.2, -0.15) is 0 Å². The molecule has 3 rings (SSSR count). The zero-order valence-electron chi connectivity index (χ0n) is 15.4. The second-order valence-electron chi connectivity index (χ2n) is 6.74. The van der Waals surface area contributed by atoms with Crippen molar-refractivity contribution < 1.29 is 0 Å². The van der Waals surface area contributed by atoms with Crippen LogP contribution in [0.4, 0.5) is 0 Å². The van der Waals surface area contributed by atoms with E-state index < -0.39 is 0 Å². The molecule has 1 aliphatic rings. The number of hydrogen-bond donors (Lipinski definition) is 3. The van der Waals surface area contributed by atoms with Crippen molar-refractivity contribution in [3.8, 4) is 0 Å². The molecule has 0 aliphatic heterocycles. The molecule has 5 nitrogen and oxygen atoms in total. The smallest absolute Gasteiger partial charge is 0.191 e. The Labute approximate surface area is 167 Å². The third-order valence-electron chi connectivity index (χ3n) is 4.97. The number of aromatic nitrogens is 1. The maximum atomic E-state index is 4.33. The molecule has 1 heterocycles. The second-order valence-corrected chi connectivity index (χ2v) is 6.74. The Hall–Kier alpha value is -1.28. The van der Waals surface area contributed by atoms with E-state index >= 15 is 0 Å². The number of halogens is 1. The number of H-pyrrole nitrogens is 1. The molecule has 3 N–H and O–H groups in total. The maximum Gasteiger partial charge on any atom is 0.191 e. The average Bonchev–Trinajstić information content (AvgIpc) is 3.38. The minimum absolute atomic E-state index is 0. The van der Waals surface area contributed by atoms with Crippen LogP contribution in [-0.4, -0.2) is 55.1 Å². The van der Waals surface area contributed by atoms with Crippen LogP contribution in [0.1, 0.15) is 25.3 Å². The normalized spacial score (nSPS) is 15.9. The highest BCUT2D eigenvalue weighted by Gasteiger charge is 2.28. The lowest BCUT2D eigenvalue weighted by atomic mass is 10.1. The molecule has 0 spiro atoms. The molecule has 1 aromatic heterocycles. The summed E-state index contributed by atoms with van der Waals surface area (Å²) in [6.07, 6.45) is 5.77. The lowest BCUT2D eigenvalue weighted by Gasteiger charge is -2.25. The molecule has 1 fully saturated rings. The summed E-state index contributed by atoms with van der Waals surface area (Å²) >= 11 is 0. The zero-order chi connectivity index (χ0) is 16.9. The Morgan fingerprint density at radius 3 is 2.80 bits per heavy atom. The monoisotopic (exact) mass is 455 g/mol. The van der Waals surface area contributed by atoms with Crippen LogP contribution in [0.25, 0.3) is 10.9 Å². The van der Waals surface area contributed by atoms with E-state index in [4.69, 9.17) is 0 Å². The number of likely N-dealkylation sites (N-methyl/N-ethyl adjacent to an activating group) is 1. The van der Waals surface area contributed by atoms with E-state index in [2.05, 4.69) is 69.9 Å². The molecule has 1 unspecified atom stereocenters. The number of nitrogens with one attached hydrogen (secondary N) is 3. The number of nitrogens with zero attached hydrogens (tertiary/aromatic N) is 2. The van der Waals surface area contributed by atoms with Crippen molar-refractivity contribution in [1.82, 2.24) is 20.5 Å². The molecule has 0 radical (unpaired) electrons. The van der Waals surface area contributed by atoms with Gasteiger partial charge in [-0.25, -0.2) is 0 Å². The molecule has 138 valence electrons. The molecule has 1 aliphatic carbocycles. The van der Waals surface area contributed by atoms with Gasteiger partial charge in [0.05, 0.1) is 0 Å². The summed E-state index contributed by atoms with van der Waals surface area (Å²) in [6, 6.07) is 9.75. The second kappa shape index (κ2) is 9.43. The van der Waals surface area contributed by atoms with Gasteiger partial charge in [-0.1, -0.05) is 18.2 Å². The Kier molecular flexibility index (Phi) is 7.56. The molecule has 6 heteroatoms. The standard InChI is InChI=1S/C19H29N5.HI/c1-14(24(3)16-8-9-16)12-23-19(20-2)21-11-10-15-13-22-18-7-5-4-6-17(15)18;/h4-7,13-14,16,22H,8-12H2,1-3H3,(H2,20,21,23);1H. The van der Waals surface area contributed by atoms with E-state index in [1.807, 2.05) is 7.05 Å². The highest BCUT2D eigenvalue weighted by atomic mass is 127. The van der Waals surface area contributed by atoms with E-state index in [1.54, 1.807) is 0 Å². The first-order valence-corrected chi connectivity index (χ1v) is 8.90. The Bertz CT molecular complexity index is 692. The molecule has 1 saturated carbocycles. The van der Waals surface area contributed by atoms with Gasteiger partial charge in [-0.3, -0.25) is 9.89 Å². The molecular weight excluding hydrogens is 425 g/mol. The first-order valence-electron chi connectivity index (χ1n) is 8.90. The number of guanidine groups is 1. The third-order valence-corrected chi connectivity index (χ3v) is 4.97. The summed E-state index contributed by atoms with van der Waals surface area (Å²) in [7, 11) is 4.05. The molecule has 2 aromatic rings. The number of para-hydroxylation sites is 1. The van der Waals surface area contributed by atoms with E-state index in [9.17, 15) is 0 Å². The SMILES string of the molecule is CN=C(NCCc1c[nH]c2ccccc12)NCC(C)N(C)C1CC1.I. The highest BCUT2D eigenvalue weighted by Crippen LogP contribution is 2.26. The number of benzene rings is 1. The van der Waals surface area contributed by atoms with E-state index in [0.717, 1.165) is 31.5 Å². The summed E-state index contributed by atoms with van der Waals surface area (Å²) in [6.45, 7) is 4.05. The Balaban J connectivity index is 0.00000225. The fourth-order valence-electron chi connectivity index (χ4n) is 3.10. The predicted molar refractivity (Wildman–Crippen MR) is 117 cm³/mol. The van der Waals surface area contributed by atoms with Crippen molar-refractivity contribution >= 4 is 40.8 Å². The van der Waals surface area contributed by atoms with Crippen molar-refractivity contribution in [2.24, 2.45) is 4.99 Å². The van der Waals surface area contributed by atoms with Crippen LogP contribution < -0.4 is 10.6 Å². The average molecular weight is 455 g/mol. The number of aromatic amines is 1. The minimum Gasteiger partial charge on any atom is -0.361 e. The summed E-state index contributed by atoms with van der Waals surface area (Å²) in [5.41, 5.74) is 2.54. The molecular formula is C19H30IN5. The lowest BCUT2D eigenvalue weighted by Crippen LogP contribution is -2.45. The fourth-order valence-corrected chi connectivity index (χ4v) is 3.10. The Morgan fingerprint density at radius 1 is 1.32 bits per heavy atom. The summed E-state index contributed by atoms with van der Waals surface area (Å²) < 4.78 is 0. The Morgan fingerprint density at radius 2 is 2.08 bits per heavy atom. The topological polar surface area (TPSA) is 55.5 Å². The van der Waals surface area contributed by atoms with Gasteiger partial charge in [0.15, 0.2) is 5.96 Å². The summed E-state index contributed by atoms with van der Waals surface area (Å²) in [5, 5.41) is 8.16. The quantitative estimate of drug-likeness (QED) is 0.342.